The van der Waals surface area contributed by atoms with Gasteiger partial charge in [-0.05, 0) is 28.1 Å². The fourth-order valence-electron chi connectivity index (χ4n) is 0.0680. The predicted octanol–water partition coefficient (Wildman–Crippen LogP) is 0.655. The minimum atomic E-state index is 0.00463. The van der Waals surface area contributed by atoms with Crippen LogP contribution in [0.15, 0.2) is 0 Å². The summed E-state index contributed by atoms with van der Waals surface area (Å²) >= 11 is 0. The molecule has 0 rings (SSSR count). The van der Waals surface area contributed by atoms with Crippen molar-refractivity contribution in [3.05, 3.63) is 0 Å². The third kappa shape index (κ3) is 42.9. The largest absolute Gasteiger partial charge is 0.323 e. The van der Waals surface area contributed by atoms with Crippen LogP contribution in [0, 0.1) is 0 Å². The van der Waals surface area contributed by atoms with E-state index in [9.17, 15) is 4.79 Å². The molecular formula is C8H22N2O. The first kappa shape index (κ1) is 16.9. The molecule has 0 saturated heterocycles. The summed E-state index contributed by atoms with van der Waals surface area (Å²) in [6.07, 6.45) is 0.861. The maximum Gasteiger partial charge on any atom is 0.136 e. The first-order valence-corrected chi connectivity index (χ1v) is 3.94. The number of aldehydes is 1. The molecule has 0 aliphatic carbocycles. The van der Waals surface area contributed by atoms with Crippen LogP contribution in [0.5, 0.6) is 0 Å². The van der Waals surface area contributed by atoms with E-state index in [0.717, 1.165) is 6.29 Å². The minimum Gasteiger partial charge on any atom is -0.323 e. The Labute approximate surface area is 70.6 Å². The molecule has 0 radical (unpaired) electrons. The zero-order valence-electron chi connectivity index (χ0n) is 8.56. The number of carbonyl (C=O) groups excluding carboxylic acids is 1. The summed E-state index contributed by atoms with van der Waals surface area (Å²) in [4.78, 5) is 9.67. The summed E-state index contributed by atoms with van der Waals surface area (Å²) in [5.74, 6) is 0. The van der Waals surface area contributed by atoms with Gasteiger partial charge < -0.3 is 15.4 Å². The van der Waals surface area contributed by atoms with Crippen LogP contribution in [0.25, 0.3) is 0 Å². The van der Waals surface area contributed by atoms with Gasteiger partial charge in [0.05, 0.1) is 6.04 Å². The minimum absolute atomic E-state index is 0.00463. The van der Waals surface area contributed by atoms with Gasteiger partial charge in [-0.1, -0.05) is 13.8 Å². The van der Waals surface area contributed by atoms with E-state index in [1.807, 2.05) is 27.9 Å². The highest BCUT2D eigenvalue weighted by molar-refractivity contribution is 5.56. The van der Waals surface area contributed by atoms with Gasteiger partial charge in [-0.2, -0.15) is 0 Å². The Morgan fingerprint density at radius 2 is 1.45 bits per heavy atom. The van der Waals surface area contributed by atoms with E-state index >= 15 is 0 Å². The number of likely N-dealkylation sites (N-methyl/N-ethyl adjacent to an activating group) is 1. The van der Waals surface area contributed by atoms with Crippen LogP contribution in [0.4, 0.5) is 0 Å². The summed E-state index contributed by atoms with van der Waals surface area (Å²) < 4.78 is 0. The van der Waals surface area contributed by atoms with Gasteiger partial charge in [0, 0.05) is 0 Å². The standard InChI is InChI=1S/C4H9NO.C2H7N.C2H6/c1-4(3-6)5-2;1-3-2;1-2/h3-5H,1-2H3;3H,1-2H3;1-2H3. The van der Waals surface area contributed by atoms with Gasteiger partial charge in [0.1, 0.15) is 6.29 Å². The predicted molar refractivity (Wildman–Crippen MR) is 50.9 cm³/mol. The van der Waals surface area contributed by atoms with E-state index in [1.165, 1.54) is 0 Å². The van der Waals surface area contributed by atoms with Crippen molar-refractivity contribution in [1.29, 1.82) is 0 Å². The molecule has 0 aliphatic rings. The number of hydrogen-bond donors (Lipinski definition) is 2. The highest BCUT2D eigenvalue weighted by atomic mass is 16.1. The second kappa shape index (κ2) is 22.6. The average Bonchev–Trinajstić information content (AvgIpc) is 2.08. The molecule has 1 atom stereocenters. The molecule has 2 N–H and O–H groups in total. The SMILES string of the molecule is CC.CNC.CNC(C)C=O. The van der Waals surface area contributed by atoms with Crippen molar-refractivity contribution in [2.45, 2.75) is 26.8 Å². The van der Waals surface area contributed by atoms with Crippen LogP contribution in [0.3, 0.4) is 0 Å². The van der Waals surface area contributed by atoms with E-state index in [-0.39, 0.29) is 6.04 Å². The van der Waals surface area contributed by atoms with E-state index in [0.29, 0.717) is 0 Å². The van der Waals surface area contributed by atoms with Crippen molar-refractivity contribution in [3.63, 3.8) is 0 Å². The molecule has 0 aromatic heterocycles. The molecule has 70 valence electrons. The van der Waals surface area contributed by atoms with E-state index in [1.54, 1.807) is 14.0 Å². The van der Waals surface area contributed by atoms with Gasteiger partial charge in [0.15, 0.2) is 0 Å². The molecular weight excluding hydrogens is 140 g/mol. The van der Waals surface area contributed by atoms with Gasteiger partial charge in [-0.15, -0.1) is 0 Å². The molecule has 0 aliphatic heterocycles. The monoisotopic (exact) mass is 162 g/mol. The van der Waals surface area contributed by atoms with Crippen LogP contribution in [0.2, 0.25) is 0 Å². The summed E-state index contributed by atoms with van der Waals surface area (Å²) in [5, 5.41) is 5.50. The zero-order chi connectivity index (χ0) is 9.70. The maximum absolute atomic E-state index is 9.67. The Bertz CT molecular complexity index is 58.1. The van der Waals surface area contributed by atoms with Crippen molar-refractivity contribution in [2.24, 2.45) is 0 Å². The van der Waals surface area contributed by atoms with E-state index < -0.39 is 0 Å². The Kier molecular flexibility index (Phi) is 34.8. The number of nitrogens with one attached hydrogen (secondary N) is 2. The molecule has 0 fully saturated rings. The van der Waals surface area contributed by atoms with Gasteiger partial charge in [0.25, 0.3) is 0 Å². The lowest BCUT2D eigenvalue weighted by Gasteiger charge is -1.94. The Hall–Kier alpha value is -0.410. The molecule has 0 bridgehead atoms. The Balaban J connectivity index is -0.000000109. The fourth-order valence-corrected chi connectivity index (χ4v) is 0.0680. The molecule has 1 unspecified atom stereocenters. The molecule has 11 heavy (non-hydrogen) atoms. The molecule has 0 aromatic rings. The first-order chi connectivity index (χ1) is 5.22. The molecule has 0 aromatic carbocycles. The fraction of sp³-hybridized carbons (Fsp3) is 0.875. The summed E-state index contributed by atoms with van der Waals surface area (Å²) in [6.45, 7) is 5.80. The molecule has 0 amide bonds. The normalized spacial score (nSPS) is 9.64. The summed E-state index contributed by atoms with van der Waals surface area (Å²) in [7, 11) is 5.50. The van der Waals surface area contributed by atoms with Crippen molar-refractivity contribution in [3.8, 4) is 0 Å². The molecule has 0 saturated carbocycles. The Morgan fingerprint density at radius 3 is 1.45 bits per heavy atom. The molecule has 3 heteroatoms. The maximum atomic E-state index is 9.67. The second-order valence-electron chi connectivity index (χ2n) is 1.71. The first-order valence-electron chi connectivity index (χ1n) is 3.94. The third-order valence-corrected chi connectivity index (χ3v) is 0.659. The van der Waals surface area contributed by atoms with Crippen LogP contribution in [-0.4, -0.2) is 33.5 Å². The van der Waals surface area contributed by atoms with Gasteiger partial charge in [-0.3, -0.25) is 0 Å². The summed E-state index contributed by atoms with van der Waals surface area (Å²) in [5.41, 5.74) is 0. The smallest absolute Gasteiger partial charge is 0.136 e. The third-order valence-electron chi connectivity index (χ3n) is 0.659. The lowest BCUT2D eigenvalue weighted by molar-refractivity contribution is -0.109. The van der Waals surface area contributed by atoms with Crippen molar-refractivity contribution < 1.29 is 4.79 Å². The van der Waals surface area contributed by atoms with E-state index in [2.05, 4.69) is 10.6 Å². The number of hydrogen-bond acceptors (Lipinski definition) is 3. The molecule has 3 nitrogen and oxygen atoms in total. The zero-order valence-corrected chi connectivity index (χ0v) is 8.56. The highest BCUT2D eigenvalue weighted by Crippen LogP contribution is 1.64. The average molecular weight is 162 g/mol. The summed E-state index contributed by atoms with van der Waals surface area (Å²) in [6, 6.07) is 0.00463. The Morgan fingerprint density at radius 1 is 1.18 bits per heavy atom. The molecule has 0 heterocycles. The van der Waals surface area contributed by atoms with Gasteiger partial charge in [0.2, 0.25) is 0 Å². The van der Waals surface area contributed by atoms with Crippen LogP contribution in [-0.2, 0) is 4.79 Å². The van der Waals surface area contributed by atoms with Crippen LogP contribution in [0.1, 0.15) is 20.8 Å². The lowest BCUT2D eigenvalue weighted by Crippen LogP contribution is -2.21. The van der Waals surface area contributed by atoms with Crippen LogP contribution < -0.4 is 10.6 Å². The van der Waals surface area contributed by atoms with Gasteiger partial charge in [-0.25, -0.2) is 0 Å². The lowest BCUT2D eigenvalue weighted by atomic mass is 10.4. The topological polar surface area (TPSA) is 41.1 Å². The second-order valence-corrected chi connectivity index (χ2v) is 1.71. The number of carbonyl (C=O) groups is 1. The van der Waals surface area contributed by atoms with E-state index in [4.69, 9.17) is 0 Å². The quantitative estimate of drug-likeness (QED) is 0.586. The van der Waals surface area contributed by atoms with Gasteiger partial charge >= 0.3 is 0 Å². The highest BCUT2D eigenvalue weighted by Gasteiger charge is 1.86. The van der Waals surface area contributed by atoms with Crippen molar-refractivity contribution >= 4 is 6.29 Å². The number of rotatable bonds is 2. The van der Waals surface area contributed by atoms with Crippen LogP contribution >= 0.6 is 0 Å². The van der Waals surface area contributed by atoms with Crippen molar-refractivity contribution in [2.75, 3.05) is 21.1 Å². The molecule has 0 spiro atoms. The van der Waals surface area contributed by atoms with Crippen molar-refractivity contribution in [1.82, 2.24) is 10.6 Å².